The molecule has 0 aliphatic heterocycles. The van der Waals surface area contributed by atoms with Crippen LogP contribution in [0.15, 0.2) is 23.1 Å². The van der Waals surface area contributed by atoms with E-state index in [9.17, 15) is 26.4 Å². The number of anilines is 1. The van der Waals surface area contributed by atoms with Crippen molar-refractivity contribution in [2.45, 2.75) is 43.2 Å². The van der Waals surface area contributed by atoms with Gasteiger partial charge in [0.05, 0.1) is 17.6 Å². The molecule has 0 saturated heterocycles. The van der Waals surface area contributed by atoms with Gasteiger partial charge in [0.1, 0.15) is 16.2 Å². The van der Waals surface area contributed by atoms with Crippen LogP contribution in [0.25, 0.3) is 0 Å². The van der Waals surface area contributed by atoms with Crippen LogP contribution in [-0.2, 0) is 15.4 Å². The Labute approximate surface area is 181 Å². The van der Waals surface area contributed by atoms with E-state index >= 15 is 0 Å². The van der Waals surface area contributed by atoms with Crippen LogP contribution in [0.1, 0.15) is 42.1 Å². The summed E-state index contributed by atoms with van der Waals surface area (Å²) in [5.41, 5.74) is -2.09. The predicted molar refractivity (Wildman–Crippen MR) is 108 cm³/mol. The van der Waals surface area contributed by atoms with Gasteiger partial charge in [-0.05, 0) is 31.0 Å². The summed E-state index contributed by atoms with van der Waals surface area (Å²) in [5.74, 6) is -0.664. The first-order chi connectivity index (χ1) is 14.5. The van der Waals surface area contributed by atoms with Crippen molar-refractivity contribution in [3.05, 3.63) is 28.8 Å². The summed E-state index contributed by atoms with van der Waals surface area (Å²) in [6.45, 7) is 3.89. The van der Waals surface area contributed by atoms with E-state index < -0.39 is 27.5 Å². The van der Waals surface area contributed by atoms with E-state index in [0.29, 0.717) is 11.3 Å². The molecule has 170 valence electrons. The van der Waals surface area contributed by atoms with Crippen molar-refractivity contribution in [1.29, 1.82) is 0 Å². The lowest BCUT2D eigenvalue weighted by atomic mass is 10.1. The maximum atomic E-state index is 13.3. The van der Waals surface area contributed by atoms with Gasteiger partial charge in [0.25, 0.3) is 5.91 Å². The molecule has 13 heteroatoms. The number of amides is 1. The van der Waals surface area contributed by atoms with Gasteiger partial charge < -0.3 is 4.74 Å². The van der Waals surface area contributed by atoms with Crippen LogP contribution in [0.3, 0.4) is 0 Å². The highest BCUT2D eigenvalue weighted by molar-refractivity contribution is 7.89. The van der Waals surface area contributed by atoms with Gasteiger partial charge in [-0.1, -0.05) is 25.2 Å². The van der Waals surface area contributed by atoms with E-state index in [0.717, 1.165) is 0 Å². The second kappa shape index (κ2) is 8.36. The van der Waals surface area contributed by atoms with Gasteiger partial charge in [-0.15, -0.1) is 10.2 Å². The van der Waals surface area contributed by atoms with Crippen LogP contribution in [0, 0.1) is 0 Å². The molecule has 8 nitrogen and oxygen atoms in total. The Bertz CT molecular complexity index is 1080. The Morgan fingerprint density at radius 3 is 2.42 bits per heavy atom. The number of hydrogen-bond acceptors (Lipinski definition) is 7. The maximum absolute atomic E-state index is 13.3. The Kier molecular flexibility index (Phi) is 6.31. The predicted octanol–water partition coefficient (Wildman–Crippen LogP) is 3.42. The Morgan fingerprint density at radius 2 is 1.90 bits per heavy atom. The fourth-order valence-corrected chi connectivity index (χ4v) is 5.60. The minimum absolute atomic E-state index is 0.0713. The third-order valence-electron chi connectivity index (χ3n) is 5.11. The molecule has 0 unspecified atom stereocenters. The number of benzene rings is 1. The second-order valence-corrected chi connectivity index (χ2v) is 9.81. The third-order valence-corrected chi connectivity index (χ3v) is 8.19. The molecule has 1 fully saturated rings. The summed E-state index contributed by atoms with van der Waals surface area (Å²) in [4.78, 5) is 12.7. The first kappa shape index (κ1) is 23.4. The lowest BCUT2D eigenvalue weighted by Gasteiger charge is -2.19. The maximum Gasteiger partial charge on any atom is 0.400 e. The third kappa shape index (κ3) is 4.26. The van der Waals surface area contributed by atoms with Gasteiger partial charge in [-0.3, -0.25) is 10.1 Å². The zero-order valence-corrected chi connectivity index (χ0v) is 18.6. The molecule has 31 heavy (non-hydrogen) atoms. The number of sulfonamides is 1. The average Bonchev–Trinajstić information content (AvgIpc) is 3.42. The summed E-state index contributed by atoms with van der Waals surface area (Å²) >= 11 is 0.646. The fraction of sp³-hybridized carbons (Fsp3) is 0.500. The molecule has 1 aliphatic carbocycles. The van der Waals surface area contributed by atoms with E-state index in [1.165, 1.54) is 29.6 Å². The van der Waals surface area contributed by atoms with E-state index in [1.54, 1.807) is 13.8 Å². The molecular formula is C18H21F3N4O4S2. The SMILES string of the molecule is CCN(CC)S(=O)(=O)c1ccc(OC)c(C(=O)Nc2nnc(C3(C(F)(F)F)CC3)s2)c1. The van der Waals surface area contributed by atoms with Crippen LogP contribution < -0.4 is 10.1 Å². The van der Waals surface area contributed by atoms with Gasteiger partial charge in [-0.2, -0.15) is 17.5 Å². The second-order valence-electron chi connectivity index (χ2n) is 6.90. The number of hydrogen-bond donors (Lipinski definition) is 1. The Hall–Kier alpha value is -2.25. The van der Waals surface area contributed by atoms with Crippen LogP contribution in [0.5, 0.6) is 5.75 Å². The average molecular weight is 479 g/mol. The molecule has 1 aromatic heterocycles. The van der Waals surface area contributed by atoms with Crippen molar-refractivity contribution in [2.24, 2.45) is 0 Å². The molecule has 0 atom stereocenters. The number of nitrogens with zero attached hydrogens (tertiary/aromatic N) is 3. The van der Waals surface area contributed by atoms with Gasteiger partial charge in [0, 0.05) is 13.1 Å². The molecule has 1 saturated carbocycles. The highest BCUT2D eigenvalue weighted by Gasteiger charge is 2.66. The highest BCUT2D eigenvalue weighted by atomic mass is 32.2. The minimum Gasteiger partial charge on any atom is -0.496 e. The van der Waals surface area contributed by atoms with Gasteiger partial charge in [-0.25, -0.2) is 8.42 Å². The largest absolute Gasteiger partial charge is 0.496 e. The van der Waals surface area contributed by atoms with Crippen molar-refractivity contribution in [3.63, 3.8) is 0 Å². The van der Waals surface area contributed by atoms with Crippen LogP contribution in [-0.4, -0.2) is 55.2 Å². The first-order valence-electron chi connectivity index (χ1n) is 9.40. The van der Waals surface area contributed by atoms with Gasteiger partial charge in [0.2, 0.25) is 15.2 Å². The van der Waals surface area contributed by atoms with Crippen molar-refractivity contribution in [1.82, 2.24) is 14.5 Å². The Balaban J connectivity index is 1.89. The molecule has 1 heterocycles. The molecule has 0 spiro atoms. The zero-order valence-electron chi connectivity index (χ0n) is 17.0. The molecule has 0 radical (unpaired) electrons. The summed E-state index contributed by atoms with van der Waals surface area (Å²) < 4.78 is 71.7. The van der Waals surface area contributed by atoms with Crippen molar-refractivity contribution in [2.75, 3.05) is 25.5 Å². The Morgan fingerprint density at radius 1 is 1.26 bits per heavy atom. The summed E-state index contributed by atoms with van der Waals surface area (Å²) in [6.07, 6.45) is -4.58. The number of carbonyl (C=O) groups excluding carboxylic acids is 1. The smallest absolute Gasteiger partial charge is 0.400 e. The molecule has 0 bridgehead atoms. The molecule has 2 aromatic rings. The van der Waals surface area contributed by atoms with E-state index in [4.69, 9.17) is 4.74 Å². The number of rotatable bonds is 8. The number of carbonyl (C=O) groups is 1. The number of alkyl halides is 3. The monoisotopic (exact) mass is 478 g/mol. The van der Waals surface area contributed by atoms with E-state index in [1.807, 2.05) is 0 Å². The highest BCUT2D eigenvalue weighted by Crippen LogP contribution is 2.59. The zero-order chi connectivity index (χ0) is 23.0. The number of aromatic nitrogens is 2. The van der Waals surface area contributed by atoms with Crippen molar-refractivity contribution < 1.29 is 31.1 Å². The number of ether oxygens (including phenoxy) is 1. The lowest BCUT2D eigenvalue weighted by Crippen LogP contribution is -2.30. The quantitative estimate of drug-likeness (QED) is 0.624. The van der Waals surface area contributed by atoms with Crippen LogP contribution in [0.4, 0.5) is 18.3 Å². The molecule has 1 aliphatic rings. The van der Waals surface area contributed by atoms with Gasteiger partial charge >= 0.3 is 6.18 Å². The summed E-state index contributed by atoms with van der Waals surface area (Å²) in [5, 5.41) is 9.33. The normalized spacial score (nSPS) is 15.7. The first-order valence-corrected chi connectivity index (χ1v) is 11.7. The van der Waals surface area contributed by atoms with Crippen LogP contribution >= 0.6 is 11.3 Å². The van der Waals surface area contributed by atoms with Crippen molar-refractivity contribution >= 4 is 32.4 Å². The summed E-state index contributed by atoms with van der Waals surface area (Å²) in [7, 11) is -2.52. The minimum atomic E-state index is -4.44. The fourth-order valence-electron chi connectivity index (χ4n) is 3.11. The lowest BCUT2D eigenvalue weighted by molar-refractivity contribution is -0.160. The molecule has 1 N–H and O–H groups in total. The van der Waals surface area contributed by atoms with Crippen LogP contribution in [0.2, 0.25) is 0 Å². The number of methoxy groups -OCH3 is 1. The standard InChI is InChI=1S/C18H21F3N4O4S2/c1-4-25(5-2)31(27,28)11-6-7-13(29-3)12(10-11)14(26)22-16-24-23-15(30-16)17(8-9-17)18(19,20)21/h6-7,10H,4-5,8-9H2,1-3H3,(H,22,24,26). The van der Waals surface area contributed by atoms with E-state index in [2.05, 4.69) is 15.5 Å². The van der Waals surface area contributed by atoms with Crippen molar-refractivity contribution in [3.8, 4) is 5.75 Å². The topological polar surface area (TPSA) is 101 Å². The molecular weight excluding hydrogens is 457 g/mol. The molecule has 1 amide bonds. The number of halogens is 3. The molecule has 1 aromatic carbocycles. The summed E-state index contributed by atoms with van der Waals surface area (Å²) in [6, 6.07) is 3.84. The molecule has 3 rings (SSSR count). The number of nitrogens with one attached hydrogen (secondary N) is 1. The van der Waals surface area contributed by atoms with Gasteiger partial charge in [0.15, 0.2) is 0 Å². The van der Waals surface area contributed by atoms with E-state index in [-0.39, 0.29) is 52.3 Å².